The fourth-order valence-corrected chi connectivity index (χ4v) is 6.16. The highest BCUT2D eigenvalue weighted by Gasteiger charge is 2.35. The quantitative estimate of drug-likeness (QED) is 0.213. The zero-order valence-corrected chi connectivity index (χ0v) is 22.5. The van der Waals surface area contributed by atoms with Crippen molar-refractivity contribution in [1.82, 2.24) is 3.97 Å². The van der Waals surface area contributed by atoms with E-state index in [-0.39, 0.29) is 50.1 Å². The smallest absolute Gasteiger partial charge is 0.356 e. The molecule has 0 spiro atoms. The van der Waals surface area contributed by atoms with Crippen LogP contribution in [-0.2, 0) is 26.1 Å². The normalized spacial score (nSPS) is 11.4. The van der Waals surface area contributed by atoms with Gasteiger partial charge in [0.1, 0.15) is 0 Å². The maximum Gasteiger partial charge on any atom is 0.356 e. The average molecular weight is 572 g/mol. The van der Waals surface area contributed by atoms with Gasteiger partial charge < -0.3 is 15.8 Å². The number of carbonyl (C=O) groups is 2. The largest absolute Gasteiger partial charge is 0.461 e. The molecule has 0 fully saturated rings. The van der Waals surface area contributed by atoms with Gasteiger partial charge in [-0.3, -0.25) is 4.79 Å². The number of ether oxygens (including phenoxy) is 1. The van der Waals surface area contributed by atoms with Crippen molar-refractivity contribution in [3.8, 4) is 0 Å². The number of carbonyl (C=O) groups excluding carboxylic acids is 2. The van der Waals surface area contributed by atoms with E-state index in [0.29, 0.717) is 11.3 Å². The molecule has 38 heavy (non-hydrogen) atoms. The van der Waals surface area contributed by atoms with Gasteiger partial charge in [-0.25, -0.2) is 17.2 Å². The fraction of sp³-hybridized carbons (Fsp3) is 0.111. The van der Waals surface area contributed by atoms with Crippen LogP contribution < -0.4 is 11.1 Å². The number of esters is 1. The van der Waals surface area contributed by atoms with Gasteiger partial charge in [0.15, 0.2) is 5.69 Å². The van der Waals surface area contributed by atoms with Crippen LogP contribution in [0.3, 0.4) is 0 Å². The summed E-state index contributed by atoms with van der Waals surface area (Å²) in [6.07, 6.45) is 0. The van der Waals surface area contributed by atoms with E-state index in [9.17, 15) is 18.0 Å². The van der Waals surface area contributed by atoms with Crippen molar-refractivity contribution in [2.24, 2.45) is 5.73 Å². The summed E-state index contributed by atoms with van der Waals surface area (Å²) >= 11 is 12.8. The third-order valence-corrected chi connectivity index (χ3v) is 8.00. The van der Waals surface area contributed by atoms with Gasteiger partial charge in [0.2, 0.25) is 0 Å². The molecule has 0 aliphatic heterocycles. The van der Waals surface area contributed by atoms with Crippen molar-refractivity contribution in [3.63, 3.8) is 0 Å². The summed E-state index contributed by atoms with van der Waals surface area (Å²) in [4.78, 5) is 26.7. The van der Waals surface area contributed by atoms with E-state index in [0.717, 1.165) is 3.97 Å². The van der Waals surface area contributed by atoms with E-state index in [4.69, 9.17) is 33.7 Å². The number of hydrogen-bond donors (Lipinski definition) is 2. The Bertz CT molecular complexity index is 1680. The zero-order valence-electron chi connectivity index (χ0n) is 20.2. The van der Waals surface area contributed by atoms with Crippen molar-refractivity contribution < 1.29 is 22.7 Å². The van der Waals surface area contributed by atoms with Crippen LogP contribution in [0.5, 0.6) is 0 Å². The second-order valence-electron chi connectivity index (χ2n) is 8.10. The van der Waals surface area contributed by atoms with Crippen LogP contribution in [0.2, 0.25) is 10.0 Å². The molecule has 4 aromatic rings. The summed E-state index contributed by atoms with van der Waals surface area (Å²) in [5.74, 6) is -1.68. The second kappa shape index (κ2) is 11.0. The van der Waals surface area contributed by atoms with Crippen LogP contribution in [0.4, 0.5) is 5.69 Å². The van der Waals surface area contributed by atoms with Gasteiger partial charge in [0, 0.05) is 33.8 Å². The van der Waals surface area contributed by atoms with Gasteiger partial charge in [0.05, 0.1) is 22.0 Å². The Morgan fingerprint density at radius 3 is 2.37 bits per heavy atom. The molecule has 1 heterocycles. The molecule has 1 amide bonds. The molecule has 0 aliphatic rings. The van der Waals surface area contributed by atoms with Crippen LogP contribution in [0.1, 0.15) is 28.5 Å². The summed E-state index contributed by atoms with van der Waals surface area (Å²) in [6.45, 7) is 5.59. The first-order chi connectivity index (χ1) is 18.1. The first-order valence-corrected chi connectivity index (χ1v) is 13.6. The highest BCUT2D eigenvalue weighted by atomic mass is 35.5. The minimum atomic E-state index is -4.39. The highest BCUT2D eigenvalue weighted by molar-refractivity contribution is 7.90. The monoisotopic (exact) mass is 571 g/mol. The molecule has 11 heteroatoms. The Labute approximate surface area is 229 Å². The number of amides is 1. The lowest BCUT2D eigenvalue weighted by atomic mass is 10.0. The van der Waals surface area contributed by atoms with Gasteiger partial charge in [-0.1, -0.05) is 66.2 Å². The number of hydrogen-bond acceptors (Lipinski definition) is 6. The summed E-state index contributed by atoms with van der Waals surface area (Å²) < 4.78 is 33.8. The molecule has 0 saturated carbocycles. The Kier molecular flexibility index (Phi) is 7.94. The van der Waals surface area contributed by atoms with Gasteiger partial charge in [-0.15, -0.1) is 0 Å². The summed E-state index contributed by atoms with van der Waals surface area (Å²) in [5, 5.41) is 2.98. The topological polar surface area (TPSA) is 120 Å². The number of para-hydroxylation sites is 1. The van der Waals surface area contributed by atoms with Gasteiger partial charge in [0.25, 0.3) is 15.9 Å². The summed E-state index contributed by atoms with van der Waals surface area (Å²) in [5.41, 5.74) is 6.15. The van der Waals surface area contributed by atoms with Crippen LogP contribution in [0.25, 0.3) is 16.5 Å². The lowest BCUT2D eigenvalue weighted by Gasteiger charge is -2.14. The zero-order chi connectivity index (χ0) is 27.6. The number of benzene rings is 3. The SMILES string of the molecule is C=C(C(=O)Nc1ccccc1CN)c1c(C(=O)OCC)n(S(=O)(=O)c2ccccc2)c2cc(Cl)cc(Cl)c12. The molecule has 0 radical (unpaired) electrons. The lowest BCUT2D eigenvalue weighted by Crippen LogP contribution is -2.22. The summed E-state index contributed by atoms with van der Waals surface area (Å²) in [6, 6.07) is 17.2. The maximum absolute atomic E-state index is 13.9. The Hall–Kier alpha value is -3.63. The number of fused-ring (bicyclic) bond motifs is 1. The molecule has 0 unspecified atom stereocenters. The first kappa shape index (κ1) is 27.4. The molecule has 3 aromatic carbocycles. The lowest BCUT2D eigenvalue weighted by molar-refractivity contribution is -0.111. The Morgan fingerprint density at radius 2 is 1.71 bits per heavy atom. The standard InChI is InChI=1S/C27H23Cl2N3O5S/c1-3-37-27(34)25-23(16(2)26(33)31-21-12-8-7-9-17(21)15-30)24-20(29)13-18(28)14-22(24)32(25)38(35,36)19-10-5-4-6-11-19/h4-14H,2-3,15,30H2,1H3,(H,31,33). The van der Waals surface area contributed by atoms with Crippen molar-refractivity contribution in [1.29, 1.82) is 0 Å². The molecule has 0 atom stereocenters. The first-order valence-electron chi connectivity index (χ1n) is 11.4. The molecular weight excluding hydrogens is 549 g/mol. The van der Waals surface area contributed by atoms with Crippen molar-refractivity contribution in [2.45, 2.75) is 18.4 Å². The Balaban J connectivity index is 2.03. The average Bonchev–Trinajstić information content (AvgIpc) is 3.25. The number of nitrogens with zero attached hydrogens (tertiary/aromatic N) is 1. The number of nitrogens with two attached hydrogens (primary N) is 1. The number of halogens is 2. The van der Waals surface area contributed by atoms with Crippen LogP contribution >= 0.6 is 23.2 Å². The van der Waals surface area contributed by atoms with E-state index in [2.05, 4.69) is 11.9 Å². The van der Waals surface area contributed by atoms with E-state index in [1.807, 2.05) is 0 Å². The minimum absolute atomic E-state index is 0.0132. The molecule has 8 nitrogen and oxygen atoms in total. The van der Waals surface area contributed by atoms with Gasteiger partial charge in [-0.05, 0) is 42.8 Å². The molecular formula is C27H23Cl2N3O5S. The predicted octanol–water partition coefficient (Wildman–Crippen LogP) is 5.47. The van der Waals surface area contributed by atoms with E-state index >= 15 is 0 Å². The van der Waals surface area contributed by atoms with E-state index in [1.54, 1.807) is 49.4 Å². The third-order valence-electron chi connectivity index (χ3n) is 5.75. The number of aromatic nitrogens is 1. The van der Waals surface area contributed by atoms with Gasteiger partial charge in [-0.2, -0.15) is 0 Å². The Morgan fingerprint density at radius 1 is 1.05 bits per heavy atom. The summed E-state index contributed by atoms with van der Waals surface area (Å²) in [7, 11) is -4.39. The number of anilines is 1. The van der Waals surface area contributed by atoms with Crippen LogP contribution in [0, 0.1) is 0 Å². The number of nitrogens with one attached hydrogen (secondary N) is 1. The van der Waals surface area contributed by atoms with Crippen molar-refractivity contribution in [2.75, 3.05) is 11.9 Å². The predicted molar refractivity (Wildman–Crippen MR) is 149 cm³/mol. The molecule has 3 N–H and O–H groups in total. The molecule has 4 rings (SSSR count). The van der Waals surface area contributed by atoms with E-state index in [1.165, 1.54) is 24.3 Å². The fourth-order valence-electron chi connectivity index (χ4n) is 4.07. The molecule has 196 valence electrons. The highest BCUT2D eigenvalue weighted by Crippen LogP contribution is 2.40. The van der Waals surface area contributed by atoms with Gasteiger partial charge >= 0.3 is 5.97 Å². The third kappa shape index (κ3) is 4.93. The van der Waals surface area contributed by atoms with Crippen LogP contribution in [-0.4, -0.2) is 30.9 Å². The molecule has 1 aromatic heterocycles. The van der Waals surface area contributed by atoms with Crippen molar-refractivity contribution >= 4 is 67.3 Å². The van der Waals surface area contributed by atoms with Crippen molar-refractivity contribution in [3.05, 3.63) is 100 Å². The molecule has 0 bridgehead atoms. The minimum Gasteiger partial charge on any atom is -0.461 e. The second-order valence-corrected chi connectivity index (χ2v) is 10.7. The number of rotatable bonds is 8. The molecule has 0 aliphatic carbocycles. The van der Waals surface area contributed by atoms with Crippen LogP contribution in [0.15, 0.2) is 78.2 Å². The van der Waals surface area contributed by atoms with E-state index < -0.39 is 27.6 Å². The molecule has 0 saturated heterocycles. The maximum atomic E-state index is 13.9.